The van der Waals surface area contributed by atoms with Gasteiger partial charge in [0, 0.05) is 0 Å². The maximum Gasteiger partial charge on any atom is 0.349 e. The third kappa shape index (κ3) is 2.31. The Labute approximate surface area is 99.4 Å². The van der Waals surface area contributed by atoms with E-state index in [0.29, 0.717) is 6.42 Å². The summed E-state index contributed by atoms with van der Waals surface area (Å²) in [7, 11) is -3.47. The average Bonchev–Trinajstić information content (AvgIpc) is 2.15. The van der Waals surface area contributed by atoms with Crippen molar-refractivity contribution in [2.24, 2.45) is 0 Å². The highest BCUT2D eigenvalue weighted by Gasteiger charge is 2.60. The molecule has 0 saturated heterocycles. The zero-order valence-corrected chi connectivity index (χ0v) is 10.4. The third-order valence-electron chi connectivity index (χ3n) is 2.73. The standard InChI is InChI=1S/C8H14NO5P.ClH/c1-14-7(10)8(15(11,12)13)5-3-2-4-6(8)9;/h2,4,6H,3,5,9H2,1H3,(H2,11,12,13);1H/t6-,8+;/m1./s1. The Morgan fingerprint density at radius 2 is 2.19 bits per heavy atom. The Balaban J connectivity index is 0.00000225. The molecule has 94 valence electrons. The van der Waals surface area contributed by atoms with Gasteiger partial charge in [-0.25, -0.2) is 0 Å². The molecule has 0 aromatic carbocycles. The number of esters is 1. The highest BCUT2D eigenvalue weighted by Crippen LogP contribution is 2.56. The van der Waals surface area contributed by atoms with Crippen molar-refractivity contribution in [2.45, 2.75) is 24.0 Å². The van der Waals surface area contributed by atoms with Crippen LogP contribution in [-0.2, 0) is 14.1 Å². The maximum absolute atomic E-state index is 11.6. The Kier molecular flexibility index (Phi) is 5.16. The van der Waals surface area contributed by atoms with Crippen LogP contribution in [0.15, 0.2) is 12.2 Å². The molecular formula is C8H15ClNO5P. The molecule has 8 heteroatoms. The van der Waals surface area contributed by atoms with E-state index in [1.165, 1.54) is 0 Å². The first-order chi connectivity index (χ1) is 6.86. The minimum atomic E-state index is -4.59. The summed E-state index contributed by atoms with van der Waals surface area (Å²) >= 11 is 0. The van der Waals surface area contributed by atoms with Crippen LogP contribution in [0.3, 0.4) is 0 Å². The van der Waals surface area contributed by atoms with Gasteiger partial charge in [-0.15, -0.1) is 0 Å². The van der Waals surface area contributed by atoms with E-state index in [-0.39, 0.29) is 18.8 Å². The van der Waals surface area contributed by atoms with E-state index in [9.17, 15) is 19.1 Å². The summed E-state index contributed by atoms with van der Waals surface area (Å²) in [5.74, 6) is -0.889. The lowest BCUT2D eigenvalue weighted by Crippen LogP contribution is -3.00. The van der Waals surface area contributed by atoms with Crippen LogP contribution in [0.25, 0.3) is 0 Å². The number of hydrogen-bond donors (Lipinski definition) is 3. The topological polar surface area (TPSA) is 111 Å². The van der Waals surface area contributed by atoms with E-state index in [2.05, 4.69) is 10.5 Å². The lowest BCUT2D eigenvalue weighted by molar-refractivity contribution is -0.411. The predicted molar refractivity (Wildman–Crippen MR) is 51.8 cm³/mol. The van der Waals surface area contributed by atoms with Gasteiger partial charge in [0.05, 0.1) is 7.11 Å². The second kappa shape index (κ2) is 5.29. The SMILES string of the molecule is COC(=O)[C@]1(P(=O)(O)O)CCC=C[C@H]1[NH3+].[Cl-]. The van der Waals surface area contributed by atoms with Crippen LogP contribution in [0.1, 0.15) is 12.8 Å². The van der Waals surface area contributed by atoms with Gasteiger partial charge in [-0.05, 0) is 18.9 Å². The number of halogens is 1. The lowest BCUT2D eigenvalue weighted by Gasteiger charge is -2.34. The maximum atomic E-state index is 11.6. The highest BCUT2D eigenvalue weighted by atomic mass is 35.5. The molecule has 0 heterocycles. The summed E-state index contributed by atoms with van der Waals surface area (Å²) in [6.45, 7) is 0. The Hall–Kier alpha value is -0.390. The third-order valence-corrected chi connectivity index (χ3v) is 4.51. The summed E-state index contributed by atoms with van der Waals surface area (Å²) in [5.41, 5.74) is 3.61. The second-order valence-electron chi connectivity index (χ2n) is 3.53. The summed E-state index contributed by atoms with van der Waals surface area (Å²) in [6, 6.07) is -0.764. The van der Waals surface area contributed by atoms with Gasteiger partial charge in [-0.3, -0.25) is 9.36 Å². The largest absolute Gasteiger partial charge is 1.00 e. The van der Waals surface area contributed by atoms with E-state index in [1.54, 1.807) is 12.2 Å². The van der Waals surface area contributed by atoms with Crippen molar-refractivity contribution in [3.8, 4) is 0 Å². The molecule has 2 atom stereocenters. The van der Waals surface area contributed by atoms with Gasteiger partial charge in [0.2, 0.25) is 5.16 Å². The molecule has 1 rings (SSSR count). The molecule has 0 fully saturated rings. The summed E-state index contributed by atoms with van der Waals surface area (Å²) in [4.78, 5) is 30.2. The van der Waals surface area contributed by atoms with E-state index in [0.717, 1.165) is 7.11 Å². The molecule has 0 aromatic heterocycles. The molecule has 0 unspecified atom stereocenters. The van der Waals surface area contributed by atoms with Crippen LogP contribution in [0.4, 0.5) is 0 Å². The number of quaternary nitrogens is 1. The zero-order valence-electron chi connectivity index (χ0n) is 8.80. The molecule has 1 aliphatic carbocycles. The van der Waals surface area contributed by atoms with Crippen LogP contribution in [0.2, 0.25) is 0 Å². The summed E-state index contributed by atoms with van der Waals surface area (Å²) in [5, 5.41) is -1.81. The predicted octanol–water partition coefficient (Wildman–Crippen LogP) is -3.96. The Morgan fingerprint density at radius 1 is 1.62 bits per heavy atom. The van der Waals surface area contributed by atoms with Gasteiger partial charge < -0.3 is 32.7 Å². The summed E-state index contributed by atoms with van der Waals surface area (Å²) < 4.78 is 15.9. The lowest BCUT2D eigenvalue weighted by atomic mass is 9.89. The van der Waals surface area contributed by atoms with E-state index in [1.807, 2.05) is 0 Å². The van der Waals surface area contributed by atoms with Crippen molar-refractivity contribution in [3.63, 3.8) is 0 Å². The zero-order chi connectivity index (χ0) is 11.7. The fourth-order valence-corrected chi connectivity index (χ4v) is 3.09. The number of carbonyl (C=O) groups is 1. The van der Waals surface area contributed by atoms with Crippen molar-refractivity contribution >= 4 is 13.6 Å². The molecule has 0 amide bonds. The number of ether oxygens (including phenoxy) is 1. The number of rotatable bonds is 2. The van der Waals surface area contributed by atoms with Crippen LogP contribution < -0.4 is 18.1 Å². The molecule has 0 saturated carbocycles. The van der Waals surface area contributed by atoms with E-state index >= 15 is 0 Å². The quantitative estimate of drug-likeness (QED) is 0.270. The van der Waals surface area contributed by atoms with Crippen LogP contribution in [0, 0.1) is 0 Å². The minimum absolute atomic E-state index is 0. The second-order valence-corrected chi connectivity index (χ2v) is 5.42. The molecule has 5 N–H and O–H groups in total. The molecule has 0 aliphatic heterocycles. The highest BCUT2D eigenvalue weighted by molar-refractivity contribution is 7.55. The van der Waals surface area contributed by atoms with Crippen molar-refractivity contribution in [2.75, 3.05) is 7.11 Å². The van der Waals surface area contributed by atoms with Crippen LogP contribution in [-0.4, -0.2) is 34.1 Å². The summed E-state index contributed by atoms with van der Waals surface area (Å²) in [6.07, 6.45) is 3.80. The van der Waals surface area contributed by atoms with Crippen molar-refractivity contribution in [1.29, 1.82) is 0 Å². The molecular weight excluding hydrogens is 257 g/mol. The van der Waals surface area contributed by atoms with Crippen molar-refractivity contribution in [1.82, 2.24) is 0 Å². The Bertz CT molecular complexity index is 341. The first kappa shape index (κ1) is 15.6. The first-order valence-corrected chi connectivity index (χ1v) is 6.11. The monoisotopic (exact) mass is 271 g/mol. The van der Waals surface area contributed by atoms with Gasteiger partial charge in [0.1, 0.15) is 6.04 Å². The van der Waals surface area contributed by atoms with Crippen LogP contribution >= 0.6 is 7.60 Å². The first-order valence-electron chi connectivity index (χ1n) is 4.50. The van der Waals surface area contributed by atoms with E-state index < -0.39 is 24.8 Å². The molecule has 0 spiro atoms. The van der Waals surface area contributed by atoms with Gasteiger partial charge in [-0.2, -0.15) is 0 Å². The van der Waals surface area contributed by atoms with E-state index in [4.69, 9.17) is 0 Å². The fraction of sp³-hybridized carbons (Fsp3) is 0.625. The number of allylic oxidation sites excluding steroid dienone is 1. The van der Waals surface area contributed by atoms with Crippen LogP contribution in [0.5, 0.6) is 0 Å². The average molecular weight is 272 g/mol. The molecule has 0 aromatic rings. The molecule has 16 heavy (non-hydrogen) atoms. The molecule has 0 radical (unpaired) electrons. The number of carbonyl (C=O) groups excluding carboxylic acids is 1. The Morgan fingerprint density at radius 3 is 2.56 bits per heavy atom. The molecule has 0 bridgehead atoms. The van der Waals surface area contributed by atoms with Crippen molar-refractivity contribution in [3.05, 3.63) is 12.2 Å². The van der Waals surface area contributed by atoms with Crippen molar-refractivity contribution < 1.29 is 42.0 Å². The number of methoxy groups -OCH3 is 1. The molecule has 1 aliphatic rings. The van der Waals surface area contributed by atoms with Gasteiger partial charge in [0.15, 0.2) is 0 Å². The fourth-order valence-electron chi connectivity index (χ4n) is 1.82. The number of hydrogen-bond acceptors (Lipinski definition) is 3. The van der Waals surface area contributed by atoms with Gasteiger partial charge in [-0.1, -0.05) is 6.08 Å². The van der Waals surface area contributed by atoms with Gasteiger partial charge in [0.25, 0.3) is 0 Å². The minimum Gasteiger partial charge on any atom is -1.00 e. The smallest absolute Gasteiger partial charge is 0.349 e. The molecule has 6 nitrogen and oxygen atoms in total. The normalized spacial score (nSPS) is 29.4. The van der Waals surface area contributed by atoms with Gasteiger partial charge >= 0.3 is 13.6 Å².